The van der Waals surface area contributed by atoms with E-state index in [9.17, 15) is 8.42 Å². The number of thiocarbonyl (C=S) groups is 1. The van der Waals surface area contributed by atoms with Crippen molar-refractivity contribution >= 4 is 44.6 Å². The molecule has 0 radical (unpaired) electrons. The molecule has 1 N–H and O–H groups in total. The standard InChI is InChI=1S/C17H24ClN3O3S2/c1-13-4-2-3-7-21(13)17(25)19-16-12-14(5-6-15(16)18)26(22,23)20-8-10-24-11-9-20/h5-6,12-13H,2-4,7-11H2,1H3,(H,19,25)/t13-/m1/s1. The molecule has 0 amide bonds. The van der Waals surface area contributed by atoms with Gasteiger partial charge in [0.2, 0.25) is 10.0 Å². The minimum Gasteiger partial charge on any atom is -0.379 e. The fourth-order valence-electron chi connectivity index (χ4n) is 3.28. The summed E-state index contributed by atoms with van der Waals surface area (Å²) in [6.07, 6.45) is 3.40. The van der Waals surface area contributed by atoms with Gasteiger partial charge < -0.3 is 15.0 Å². The average Bonchev–Trinajstić information content (AvgIpc) is 2.64. The van der Waals surface area contributed by atoms with Gasteiger partial charge in [-0.2, -0.15) is 4.31 Å². The Kier molecular flexibility index (Phi) is 6.40. The molecule has 0 aliphatic carbocycles. The number of morpholine rings is 1. The number of benzene rings is 1. The summed E-state index contributed by atoms with van der Waals surface area (Å²) >= 11 is 11.8. The molecule has 6 nitrogen and oxygen atoms in total. The molecule has 2 aliphatic rings. The second-order valence-electron chi connectivity index (χ2n) is 6.63. The second kappa shape index (κ2) is 8.39. The van der Waals surface area contributed by atoms with Gasteiger partial charge in [0.05, 0.1) is 28.8 Å². The number of sulfonamides is 1. The van der Waals surface area contributed by atoms with Gasteiger partial charge in [-0.3, -0.25) is 0 Å². The fourth-order valence-corrected chi connectivity index (χ4v) is 5.26. The van der Waals surface area contributed by atoms with Gasteiger partial charge in [0.15, 0.2) is 5.11 Å². The summed E-state index contributed by atoms with van der Waals surface area (Å²) in [7, 11) is -3.57. The van der Waals surface area contributed by atoms with Crippen molar-refractivity contribution in [2.24, 2.45) is 0 Å². The quantitative estimate of drug-likeness (QED) is 0.763. The molecule has 9 heteroatoms. The van der Waals surface area contributed by atoms with E-state index in [-0.39, 0.29) is 4.90 Å². The Labute approximate surface area is 165 Å². The molecular formula is C17H24ClN3O3S2. The fraction of sp³-hybridized carbons (Fsp3) is 0.588. The topological polar surface area (TPSA) is 61.9 Å². The van der Waals surface area contributed by atoms with Gasteiger partial charge in [-0.25, -0.2) is 8.42 Å². The van der Waals surface area contributed by atoms with E-state index in [1.807, 2.05) is 0 Å². The highest BCUT2D eigenvalue weighted by molar-refractivity contribution is 7.89. The predicted octanol–water partition coefficient (Wildman–Crippen LogP) is 2.93. The number of hydrogen-bond donors (Lipinski definition) is 1. The third-order valence-electron chi connectivity index (χ3n) is 4.85. The van der Waals surface area contributed by atoms with Crippen LogP contribution in [0.5, 0.6) is 0 Å². The van der Waals surface area contributed by atoms with Crippen molar-refractivity contribution in [3.63, 3.8) is 0 Å². The minimum atomic E-state index is -3.57. The van der Waals surface area contributed by atoms with Crippen molar-refractivity contribution in [2.45, 2.75) is 37.1 Å². The van der Waals surface area contributed by atoms with Gasteiger partial charge in [0, 0.05) is 25.7 Å². The Morgan fingerprint density at radius 2 is 2.00 bits per heavy atom. The first-order valence-electron chi connectivity index (χ1n) is 8.84. The molecule has 1 aromatic carbocycles. The van der Waals surface area contributed by atoms with E-state index in [0.717, 1.165) is 19.4 Å². The van der Waals surface area contributed by atoms with Crippen LogP contribution in [-0.4, -0.2) is 61.6 Å². The van der Waals surface area contributed by atoms with Crippen LogP contribution in [0.2, 0.25) is 5.02 Å². The minimum absolute atomic E-state index is 0.209. The summed E-state index contributed by atoms with van der Waals surface area (Å²) in [4.78, 5) is 2.35. The molecule has 1 aromatic rings. The van der Waals surface area contributed by atoms with Crippen LogP contribution >= 0.6 is 23.8 Å². The van der Waals surface area contributed by atoms with Crippen LogP contribution in [0.4, 0.5) is 5.69 Å². The highest BCUT2D eigenvalue weighted by Gasteiger charge is 2.27. The van der Waals surface area contributed by atoms with Crippen LogP contribution in [0.1, 0.15) is 26.2 Å². The molecule has 0 bridgehead atoms. The SMILES string of the molecule is C[C@@H]1CCCCN1C(=S)Nc1cc(S(=O)(=O)N2CCOCC2)ccc1Cl. The molecule has 2 fully saturated rings. The second-order valence-corrected chi connectivity index (χ2v) is 9.36. The molecule has 0 unspecified atom stereocenters. The summed E-state index contributed by atoms with van der Waals surface area (Å²) in [5, 5.41) is 4.17. The molecule has 0 spiro atoms. The number of anilines is 1. The average molecular weight is 418 g/mol. The maximum absolute atomic E-state index is 12.8. The molecule has 26 heavy (non-hydrogen) atoms. The maximum Gasteiger partial charge on any atom is 0.243 e. The zero-order valence-corrected chi connectivity index (χ0v) is 17.2. The van der Waals surface area contributed by atoms with Gasteiger partial charge in [0.25, 0.3) is 0 Å². The van der Waals surface area contributed by atoms with Crippen molar-refractivity contribution in [3.05, 3.63) is 23.2 Å². The molecule has 2 heterocycles. The van der Waals surface area contributed by atoms with Gasteiger partial charge in [-0.1, -0.05) is 11.6 Å². The van der Waals surface area contributed by atoms with Crippen molar-refractivity contribution in [1.82, 2.24) is 9.21 Å². The number of hydrogen-bond acceptors (Lipinski definition) is 4. The Balaban J connectivity index is 1.80. The van der Waals surface area contributed by atoms with Gasteiger partial charge in [0.1, 0.15) is 0 Å². The number of halogens is 1. The van der Waals surface area contributed by atoms with Crippen molar-refractivity contribution < 1.29 is 13.2 Å². The maximum atomic E-state index is 12.8. The number of piperidine rings is 1. The molecule has 3 rings (SSSR count). The van der Waals surface area contributed by atoms with Crippen LogP contribution in [0.25, 0.3) is 0 Å². The van der Waals surface area contributed by atoms with E-state index in [0.29, 0.717) is 48.2 Å². The lowest BCUT2D eigenvalue weighted by molar-refractivity contribution is 0.0730. The summed E-state index contributed by atoms with van der Waals surface area (Å²) < 4.78 is 32.4. The van der Waals surface area contributed by atoms with E-state index in [4.69, 9.17) is 28.6 Å². The van der Waals surface area contributed by atoms with E-state index in [1.165, 1.54) is 16.8 Å². The first-order chi connectivity index (χ1) is 12.4. The monoisotopic (exact) mass is 417 g/mol. The lowest BCUT2D eigenvalue weighted by Gasteiger charge is -2.35. The number of likely N-dealkylation sites (tertiary alicyclic amines) is 1. The Morgan fingerprint density at radius 1 is 1.27 bits per heavy atom. The molecule has 0 saturated carbocycles. The van der Waals surface area contributed by atoms with E-state index < -0.39 is 10.0 Å². The third kappa shape index (κ3) is 4.31. The van der Waals surface area contributed by atoms with Gasteiger partial charge >= 0.3 is 0 Å². The zero-order chi connectivity index (χ0) is 18.7. The van der Waals surface area contributed by atoms with E-state index in [2.05, 4.69) is 17.1 Å². The summed E-state index contributed by atoms with van der Waals surface area (Å²) in [6, 6.07) is 5.06. The highest BCUT2D eigenvalue weighted by atomic mass is 35.5. The number of nitrogens with zero attached hydrogens (tertiary/aromatic N) is 2. The van der Waals surface area contributed by atoms with Gasteiger partial charge in [-0.15, -0.1) is 0 Å². The van der Waals surface area contributed by atoms with Crippen molar-refractivity contribution in [1.29, 1.82) is 0 Å². The Hall–Kier alpha value is -0.930. The van der Waals surface area contributed by atoms with Crippen LogP contribution in [0, 0.1) is 0 Å². The molecule has 0 aromatic heterocycles. The zero-order valence-electron chi connectivity index (χ0n) is 14.8. The first kappa shape index (κ1) is 19.8. The molecule has 1 atom stereocenters. The summed E-state index contributed by atoms with van der Waals surface area (Å²) in [5.74, 6) is 0. The van der Waals surface area contributed by atoms with Crippen molar-refractivity contribution in [2.75, 3.05) is 38.2 Å². The van der Waals surface area contributed by atoms with Crippen LogP contribution in [-0.2, 0) is 14.8 Å². The summed E-state index contributed by atoms with van der Waals surface area (Å²) in [5.41, 5.74) is 0.517. The van der Waals surface area contributed by atoms with E-state index in [1.54, 1.807) is 12.1 Å². The smallest absolute Gasteiger partial charge is 0.243 e. The third-order valence-corrected chi connectivity index (χ3v) is 7.41. The van der Waals surface area contributed by atoms with Crippen LogP contribution in [0.15, 0.2) is 23.1 Å². The lowest BCUT2D eigenvalue weighted by Crippen LogP contribution is -2.44. The largest absolute Gasteiger partial charge is 0.379 e. The van der Waals surface area contributed by atoms with Gasteiger partial charge in [-0.05, 0) is 56.6 Å². The lowest BCUT2D eigenvalue weighted by atomic mass is 10.0. The number of ether oxygens (including phenoxy) is 1. The summed E-state index contributed by atoms with van der Waals surface area (Å²) in [6.45, 7) is 4.59. The molecule has 144 valence electrons. The molecular weight excluding hydrogens is 394 g/mol. The highest BCUT2D eigenvalue weighted by Crippen LogP contribution is 2.28. The Morgan fingerprint density at radius 3 is 2.69 bits per heavy atom. The first-order valence-corrected chi connectivity index (χ1v) is 11.1. The normalized spacial score (nSPS) is 22.2. The van der Waals surface area contributed by atoms with Crippen LogP contribution < -0.4 is 5.32 Å². The van der Waals surface area contributed by atoms with E-state index >= 15 is 0 Å². The predicted molar refractivity (Wildman–Crippen MR) is 107 cm³/mol. The van der Waals surface area contributed by atoms with Crippen molar-refractivity contribution in [3.8, 4) is 0 Å². The Bertz CT molecular complexity index is 767. The molecule has 2 saturated heterocycles. The van der Waals surface area contributed by atoms with Crippen LogP contribution in [0.3, 0.4) is 0 Å². The number of rotatable bonds is 3. The number of nitrogens with one attached hydrogen (secondary N) is 1. The molecule has 2 aliphatic heterocycles.